The van der Waals surface area contributed by atoms with E-state index in [9.17, 15) is 29.4 Å². The number of unbranched alkanes of at least 4 members (excludes halogenated alkanes) is 6. The van der Waals surface area contributed by atoms with Gasteiger partial charge in [0, 0.05) is 0 Å². The van der Waals surface area contributed by atoms with E-state index in [1.807, 2.05) is 0 Å². The van der Waals surface area contributed by atoms with Crippen LogP contribution in [0.4, 0.5) is 0 Å². The number of carbonyl (C=O) groups excluding carboxylic acids is 2. The molecule has 40 heavy (non-hydrogen) atoms. The molecule has 0 saturated carbocycles. The molecule has 0 fully saturated rings. The van der Waals surface area contributed by atoms with E-state index in [0.717, 1.165) is 44.9 Å². The molecule has 2 unspecified atom stereocenters. The van der Waals surface area contributed by atoms with Crippen molar-refractivity contribution in [1.29, 1.82) is 0 Å². The lowest BCUT2D eigenvalue weighted by atomic mass is 9.82. The van der Waals surface area contributed by atoms with Gasteiger partial charge in [-0.1, -0.05) is 124 Å². The first-order valence-corrected chi connectivity index (χ1v) is 14.8. The van der Waals surface area contributed by atoms with Crippen LogP contribution in [-0.4, -0.2) is 45.4 Å². The largest absolute Gasteiger partial charge is 0.481 e. The number of rotatable bonds is 24. The molecule has 0 radical (unpaired) electrons. The molecule has 0 aromatic rings. The van der Waals surface area contributed by atoms with Crippen LogP contribution in [0.5, 0.6) is 0 Å². The van der Waals surface area contributed by atoms with Crippen molar-refractivity contribution in [3.05, 3.63) is 25.3 Å². The van der Waals surface area contributed by atoms with Gasteiger partial charge in [-0.3, -0.25) is 4.79 Å². The van der Waals surface area contributed by atoms with Gasteiger partial charge in [0.1, 0.15) is 0 Å². The maximum absolute atomic E-state index is 12.0. The summed E-state index contributed by atoms with van der Waals surface area (Å²) in [5.41, 5.74) is -2.44. The number of aliphatic carboxylic acids is 2. The molecule has 0 aliphatic heterocycles. The second kappa shape index (κ2) is 24.0. The molecular formula is C32H54N2O6. The summed E-state index contributed by atoms with van der Waals surface area (Å²) in [5, 5.41) is 19.3. The topological polar surface area (TPSA) is 133 Å². The second-order valence-electron chi connectivity index (χ2n) is 11.6. The summed E-state index contributed by atoms with van der Waals surface area (Å²) < 4.78 is 0. The van der Waals surface area contributed by atoms with Gasteiger partial charge in [-0.05, 0) is 37.5 Å². The molecule has 0 aliphatic carbocycles. The minimum absolute atomic E-state index is 0.222. The molecule has 0 bridgehead atoms. The number of carboxylic acids is 2. The second-order valence-corrected chi connectivity index (χ2v) is 11.6. The molecule has 2 N–H and O–H groups in total. The summed E-state index contributed by atoms with van der Waals surface area (Å²) in [4.78, 5) is 53.4. The Bertz CT molecular complexity index is 817. The van der Waals surface area contributed by atoms with Gasteiger partial charge < -0.3 is 10.2 Å². The van der Waals surface area contributed by atoms with Crippen LogP contribution in [0.3, 0.4) is 0 Å². The Hall–Kier alpha value is -2.82. The van der Waals surface area contributed by atoms with Crippen LogP contribution in [0.15, 0.2) is 35.3 Å². The highest BCUT2D eigenvalue weighted by Crippen LogP contribution is 2.32. The molecule has 0 rings (SSSR count). The fraction of sp³-hybridized carbons (Fsp3) is 0.750. The third-order valence-corrected chi connectivity index (χ3v) is 7.12. The van der Waals surface area contributed by atoms with Crippen molar-refractivity contribution in [3.63, 3.8) is 0 Å². The highest BCUT2D eigenvalue weighted by atomic mass is 16.4. The van der Waals surface area contributed by atoms with Crippen LogP contribution in [0.1, 0.15) is 130 Å². The van der Waals surface area contributed by atoms with E-state index in [4.69, 9.17) is 0 Å². The van der Waals surface area contributed by atoms with Crippen LogP contribution < -0.4 is 0 Å². The average Bonchev–Trinajstić information content (AvgIpc) is 2.87. The molecule has 8 nitrogen and oxygen atoms in total. The van der Waals surface area contributed by atoms with Gasteiger partial charge in [0.2, 0.25) is 12.2 Å². The Morgan fingerprint density at radius 3 is 1.43 bits per heavy atom. The highest BCUT2D eigenvalue weighted by Gasteiger charge is 2.38. The van der Waals surface area contributed by atoms with Crippen molar-refractivity contribution in [2.24, 2.45) is 21.8 Å². The average molecular weight is 563 g/mol. The summed E-state index contributed by atoms with van der Waals surface area (Å²) in [6, 6.07) is 0. The Labute approximate surface area is 242 Å². The van der Waals surface area contributed by atoms with E-state index in [2.05, 4.69) is 50.8 Å². The predicted molar refractivity (Wildman–Crippen MR) is 161 cm³/mol. The first-order chi connectivity index (χ1) is 18.9. The standard InChI is InChI=1S/C28H48N2O6.C4H6/c1-23(2)14-8-5-10-16-27(29-21-31,20-25(33)34)17-11-7-13-19-28(26(35)36,30-22-32)18-12-6-9-15-24(3)4;1-3-4-2/h23-24H,5-20H2,1-4H3,(H,33,34)(H,35,36);3-4H,1-2H2. The first kappa shape index (κ1) is 39.3. The van der Waals surface area contributed by atoms with E-state index < -0.39 is 23.0 Å². The number of nitrogens with zero attached hydrogens (tertiary/aromatic N) is 2. The van der Waals surface area contributed by atoms with Gasteiger partial charge in [0.25, 0.3) is 0 Å². The van der Waals surface area contributed by atoms with Gasteiger partial charge in [-0.2, -0.15) is 9.98 Å². The minimum Gasteiger partial charge on any atom is -0.481 e. The van der Waals surface area contributed by atoms with Gasteiger partial charge in [-0.15, -0.1) is 0 Å². The Kier molecular flexibility index (Phi) is 23.6. The fourth-order valence-electron chi connectivity index (χ4n) is 4.80. The van der Waals surface area contributed by atoms with Crippen LogP contribution in [0.2, 0.25) is 0 Å². The Balaban J connectivity index is 0. The molecule has 0 amide bonds. The number of carbonyl (C=O) groups is 2. The molecule has 0 aromatic heterocycles. The lowest BCUT2D eigenvalue weighted by Gasteiger charge is -2.27. The molecule has 8 heteroatoms. The third-order valence-electron chi connectivity index (χ3n) is 7.12. The van der Waals surface area contributed by atoms with E-state index in [0.29, 0.717) is 56.8 Å². The smallest absolute Gasteiger partial charge is 0.332 e. The van der Waals surface area contributed by atoms with Crippen LogP contribution in [0.25, 0.3) is 0 Å². The van der Waals surface area contributed by atoms with Crippen molar-refractivity contribution >= 4 is 24.1 Å². The summed E-state index contributed by atoms with van der Waals surface area (Å²) in [7, 11) is 0. The van der Waals surface area contributed by atoms with Crippen molar-refractivity contribution in [1.82, 2.24) is 0 Å². The number of hydrogen-bond acceptors (Lipinski definition) is 6. The summed E-state index contributed by atoms with van der Waals surface area (Å²) in [5.74, 6) is -0.900. The normalized spacial score (nSPS) is 13.6. The number of aliphatic imine (C=N–C) groups is 2. The molecule has 0 heterocycles. The van der Waals surface area contributed by atoms with Gasteiger partial charge in [0.05, 0.1) is 12.0 Å². The zero-order valence-corrected chi connectivity index (χ0v) is 25.5. The molecule has 2 atom stereocenters. The minimum atomic E-state index is -1.46. The predicted octanol–water partition coefficient (Wildman–Crippen LogP) is 8.22. The Morgan fingerprint density at radius 1 is 0.700 bits per heavy atom. The maximum Gasteiger partial charge on any atom is 0.332 e. The summed E-state index contributed by atoms with van der Waals surface area (Å²) in [6.07, 6.45) is 16.9. The number of carboxylic acid groups (broad SMARTS) is 2. The molecular weight excluding hydrogens is 508 g/mol. The molecule has 0 saturated heterocycles. The number of allylic oxidation sites excluding steroid dienone is 2. The molecule has 0 spiro atoms. The van der Waals surface area contributed by atoms with Crippen molar-refractivity contribution < 1.29 is 29.4 Å². The van der Waals surface area contributed by atoms with Gasteiger partial charge in [-0.25, -0.2) is 14.4 Å². The Morgan fingerprint density at radius 2 is 1.10 bits per heavy atom. The van der Waals surface area contributed by atoms with Crippen molar-refractivity contribution in [2.75, 3.05) is 0 Å². The molecule has 228 valence electrons. The lowest BCUT2D eigenvalue weighted by molar-refractivity contribution is -0.144. The maximum atomic E-state index is 12.0. The SMILES string of the molecule is C=CC=C.CC(C)CCCCCC(CCCCCC(CCCCCC(C)C)(N=C=O)C(=O)O)(CC(=O)O)N=C=O. The fourth-order valence-corrected chi connectivity index (χ4v) is 4.80. The van der Waals surface area contributed by atoms with Gasteiger partial charge in [0.15, 0.2) is 5.54 Å². The van der Waals surface area contributed by atoms with Crippen LogP contribution in [-0.2, 0) is 19.2 Å². The van der Waals surface area contributed by atoms with Gasteiger partial charge >= 0.3 is 11.9 Å². The quantitative estimate of drug-likeness (QED) is 0.0527. The third kappa shape index (κ3) is 20.1. The molecule has 0 aliphatic rings. The number of isocyanates is 2. The van der Waals surface area contributed by atoms with Crippen LogP contribution in [0, 0.1) is 11.8 Å². The number of hydrogen-bond donors (Lipinski definition) is 2. The van der Waals surface area contributed by atoms with Crippen LogP contribution >= 0.6 is 0 Å². The van der Waals surface area contributed by atoms with E-state index in [-0.39, 0.29) is 12.8 Å². The van der Waals surface area contributed by atoms with E-state index >= 15 is 0 Å². The van der Waals surface area contributed by atoms with Crippen molar-refractivity contribution in [2.45, 2.75) is 142 Å². The zero-order chi connectivity index (χ0) is 30.9. The zero-order valence-electron chi connectivity index (χ0n) is 25.5. The summed E-state index contributed by atoms with van der Waals surface area (Å²) in [6.45, 7) is 15.4. The molecule has 0 aromatic carbocycles. The lowest BCUT2D eigenvalue weighted by Crippen LogP contribution is -2.36. The highest BCUT2D eigenvalue weighted by molar-refractivity contribution is 5.80. The first-order valence-electron chi connectivity index (χ1n) is 14.8. The monoisotopic (exact) mass is 562 g/mol. The van der Waals surface area contributed by atoms with E-state index in [1.54, 1.807) is 18.2 Å². The van der Waals surface area contributed by atoms with E-state index in [1.165, 1.54) is 6.08 Å². The van der Waals surface area contributed by atoms with Crippen molar-refractivity contribution in [3.8, 4) is 0 Å². The summed E-state index contributed by atoms with van der Waals surface area (Å²) >= 11 is 0.